The van der Waals surface area contributed by atoms with Gasteiger partial charge in [0, 0.05) is 24.9 Å². The minimum atomic E-state index is -0.966. The molecular weight excluding hydrogens is 412 g/mol. The fourth-order valence-electron chi connectivity index (χ4n) is 6.03. The van der Waals surface area contributed by atoms with Crippen LogP contribution < -0.4 is 0 Å². The summed E-state index contributed by atoms with van der Waals surface area (Å²) in [6.45, 7) is 0.576. The second-order valence-corrected chi connectivity index (χ2v) is 9.06. The van der Waals surface area contributed by atoms with Gasteiger partial charge in [-0.2, -0.15) is 0 Å². The van der Waals surface area contributed by atoms with Crippen molar-refractivity contribution in [3.05, 3.63) is 108 Å². The summed E-state index contributed by atoms with van der Waals surface area (Å²) < 4.78 is 18.4. The van der Waals surface area contributed by atoms with Gasteiger partial charge in [-0.15, -0.1) is 0 Å². The van der Waals surface area contributed by atoms with Crippen LogP contribution in [0.15, 0.2) is 91.0 Å². The van der Waals surface area contributed by atoms with Gasteiger partial charge >= 0.3 is 5.97 Å². The zero-order valence-electron chi connectivity index (χ0n) is 19.0. The summed E-state index contributed by atoms with van der Waals surface area (Å²) in [6, 6.07) is 30.6. The number of hydrogen-bond donors (Lipinski definition) is 0. The van der Waals surface area contributed by atoms with Crippen LogP contribution in [0.1, 0.15) is 54.4 Å². The molecular formula is C29H30O4. The summed E-state index contributed by atoms with van der Waals surface area (Å²) in [5.74, 6) is -1.29. The lowest BCUT2D eigenvalue weighted by Gasteiger charge is -2.44. The molecule has 1 saturated heterocycles. The molecule has 2 aliphatic rings. The smallest absolute Gasteiger partial charge is 0.342 e. The van der Waals surface area contributed by atoms with Gasteiger partial charge in [0.05, 0.1) is 6.61 Å². The highest BCUT2D eigenvalue weighted by Gasteiger charge is 2.66. The predicted molar refractivity (Wildman–Crippen MR) is 127 cm³/mol. The number of benzene rings is 3. The minimum Gasteiger partial charge on any atom is -0.430 e. The minimum absolute atomic E-state index is 0.0652. The molecule has 33 heavy (non-hydrogen) atoms. The van der Waals surface area contributed by atoms with Crippen LogP contribution in [0.2, 0.25) is 0 Å². The Balaban J connectivity index is 1.55. The van der Waals surface area contributed by atoms with E-state index in [9.17, 15) is 4.79 Å². The van der Waals surface area contributed by atoms with Gasteiger partial charge in [0.2, 0.25) is 5.79 Å². The van der Waals surface area contributed by atoms with Crippen molar-refractivity contribution in [2.75, 3.05) is 13.7 Å². The van der Waals surface area contributed by atoms with Crippen molar-refractivity contribution in [1.82, 2.24) is 0 Å². The van der Waals surface area contributed by atoms with E-state index in [2.05, 4.69) is 48.5 Å². The van der Waals surface area contributed by atoms with Crippen molar-refractivity contribution in [1.29, 1.82) is 0 Å². The molecule has 0 spiro atoms. The van der Waals surface area contributed by atoms with Crippen LogP contribution in [-0.2, 0) is 19.0 Å². The maximum Gasteiger partial charge on any atom is 0.342 e. The molecule has 1 aliphatic carbocycles. The molecule has 2 fully saturated rings. The van der Waals surface area contributed by atoms with Gasteiger partial charge in [0.15, 0.2) is 6.10 Å². The maximum absolute atomic E-state index is 13.5. The van der Waals surface area contributed by atoms with Crippen LogP contribution >= 0.6 is 0 Å². The maximum atomic E-state index is 13.5. The predicted octanol–water partition coefficient (Wildman–Crippen LogP) is 6.04. The monoisotopic (exact) mass is 442 g/mol. The highest BCUT2D eigenvalue weighted by atomic mass is 16.7. The number of carbonyl (C=O) groups excluding carboxylic acids is 1. The molecule has 5 rings (SSSR count). The Bertz CT molecular complexity index is 1020. The van der Waals surface area contributed by atoms with Crippen LogP contribution in [0.4, 0.5) is 0 Å². The summed E-state index contributed by atoms with van der Waals surface area (Å²) in [5, 5.41) is 0. The van der Waals surface area contributed by atoms with Gasteiger partial charge < -0.3 is 14.2 Å². The Hall–Kier alpha value is -2.95. The Kier molecular flexibility index (Phi) is 6.05. The second kappa shape index (κ2) is 9.12. The Morgan fingerprint density at radius 1 is 0.788 bits per heavy atom. The highest BCUT2D eigenvalue weighted by Crippen LogP contribution is 2.64. The first kappa shape index (κ1) is 21.9. The number of carbonyl (C=O) groups is 1. The van der Waals surface area contributed by atoms with Crippen molar-refractivity contribution < 1.29 is 19.0 Å². The van der Waals surface area contributed by atoms with Gasteiger partial charge in [-0.05, 0) is 36.0 Å². The van der Waals surface area contributed by atoms with Gasteiger partial charge in [0.25, 0.3) is 0 Å². The van der Waals surface area contributed by atoms with E-state index in [1.54, 1.807) is 7.11 Å². The molecule has 0 amide bonds. The van der Waals surface area contributed by atoms with Gasteiger partial charge in [-0.3, -0.25) is 0 Å². The molecule has 3 unspecified atom stereocenters. The molecule has 4 heteroatoms. The molecule has 170 valence electrons. The number of esters is 1. The first-order valence-corrected chi connectivity index (χ1v) is 11.7. The zero-order chi connectivity index (χ0) is 22.7. The van der Waals surface area contributed by atoms with Crippen molar-refractivity contribution in [3.8, 4) is 0 Å². The molecule has 3 atom stereocenters. The Morgan fingerprint density at radius 3 is 1.88 bits per heavy atom. The average Bonchev–Trinajstić information content (AvgIpc) is 3.36. The van der Waals surface area contributed by atoms with Gasteiger partial charge in [-0.1, -0.05) is 91.0 Å². The van der Waals surface area contributed by atoms with Crippen molar-refractivity contribution in [2.45, 2.75) is 43.5 Å². The molecule has 0 radical (unpaired) electrons. The molecule has 3 aromatic carbocycles. The van der Waals surface area contributed by atoms with E-state index in [1.165, 1.54) is 11.1 Å². The molecule has 1 aliphatic heterocycles. The molecule has 0 bridgehead atoms. The number of ether oxygens (including phenoxy) is 3. The third-order valence-electron chi connectivity index (χ3n) is 7.41. The van der Waals surface area contributed by atoms with Crippen LogP contribution in [0.3, 0.4) is 0 Å². The molecule has 1 saturated carbocycles. The Labute approximate surface area is 195 Å². The lowest BCUT2D eigenvalue weighted by atomic mass is 9.64. The zero-order valence-corrected chi connectivity index (χ0v) is 19.0. The van der Waals surface area contributed by atoms with E-state index in [-0.39, 0.29) is 11.3 Å². The van der Waals surface area contributed by atoms with E-state index in [0.717, 1.165) is 24.8 Å². The van der Waals surface area contributed by atoms with Crippen molar-refractivity contribution in [2.24, 2.45) is 5.41 Å². The normalized spacial score (nSPS) is 25.0. The number of fused-ring (bicyclic) bond motifs is 1. The SMILES string of the molecule is COC(C(=O)OC12CCCC1(C(c1ccccc1)c1ccccc1)CCO2)c1ccccc1. The van der Waals surface area contributed by atoms with Crippen molar-refractivity contribution >= 4 is 5.97 Å². The summed E-state index contributed by atoms with van der Waals surface area (Å²) in [6.07, 6.45) is 2.65. The molecule has 1 heterocycles. The van der Waals surface area contributed by atoms with E-state index in [4.69, 9.17) is 14.2 Å². The molecule has 4 nitrogen and oxygen atoms in total. The van der Waals surface area contributed by atoms with Crippen LogP contribution in [0, 0.1) is 5.41 Å². The third kappa shape index (κ3) is 3.77. The highest BCUT2D eigenvalue weighted by molar-refractivity contribution is 5.77. The summed E-state index contributed by atoms with van der Waals surface area (Å²) >= 11 is 0. The lowest BCUT2D eigenvalue weighted by molar-refractivity contribution is -0.248. The molecule has 0 N–H and O–H groups in total. The van der Waals surface area contributed by atoms with E-state index < -0.39 is 17.9 Å². The van der Waals surface area contributed by atoms with Crippen LogP contribution in [0.25, 0.3) is 0 Å². The largest absolute Gasteiger partial charge is 0.430 e. The average molecular weight is 443 g/mol. The summed E-state index contributed by atoms with van der Waals surface area (Å²) in [5.41, 5.74) is 2.90. The standard InChI is InChI=1S/C29H30O4/c1-31-26(24-16-9-4-10-17-24)27(30)33-29-19-11-18-28(29,20-21-32-29)25(22-12-5-2-6-13-22)23-14-7-3-8-15-23/h2-10,12-17,25-26H,11,18-21H2,1H3. The second-order valence-electron chi connectivity index (χ2n) is 9.06. The Morgan fingerprint density at radius 2 is 1.33 bits per heavy atom. The molecule has 0 aromatic heterocycles. The van der Waals surface area contributed by atoms with Crippen LogP contribution in [-0.4, -0.2) is 25.5 Å². The quantitative estimate of drug-likeness (QED) is 0.419. The molecule has 3 aromatic rings. The summed E-state index contributed by atoms with van der Waals surface area (Å²) in [7, 11) is 1.55. The van der Waals surface area contributed by atoms with E-state index >= 15 is 0 Å². The first-order valence-electron chi connectivity index (χ1n) is 11.7. The van der Waals surface area contributed by atoms with Gasteiger partial charge in [0.1, 0.15) is 0 Å². The fraction of sp³-hybridized carbons (Fsp3) is 0.345. The first-order chi connectivity index (χ1) is 16.2. The number of rotatable bonds is 7. The number of methoxy groups -OCH3 is 1. The topological polar surface area (TPSA) is 44.8 Å². The van der Waals surface area contributed by atoms with Crippen molar-refractivity contribution in [3.63, 3.8) is 0 Å². The number of hydrogen-bond acceptors (Lipinski definition) is 4. The lowest BCUT2D eigenvalue weighted by Crippen LogP contribution is -2.49. The van der Waals surface area contributed by atoms with E-state index in [1.807, 2.05) is 42.5 Å². The third-order valence-corrected chi connectivity index (χ3v) is 7.41. The van der Waals surface area contributed by atoms with E-state index in [0.29, 0.717) is 13.0 Å². The van der Waals surface area contributed by atoms with Crippen LogP contribution in [0.5, 0.6) is 0 Å². The fourth-order valence-corrected chi connectivity index (χ4v) is 6.03. The van der Waals surface area contributed by atoms with Gasteiger partial charge in [-0.25, -0.2) is 4.79 Å². The summed E-state index contributed by atoms with van der Waals surface area (Å²) in [4.78, 5) is 13.5.